The molecule has 1 nitrogen and oxygen atoms in total. The highest BCUT2D eigenvalue weighted by atomic mass is 14.6. The van der Waals surface area contributed by atoms with Gasteiger partial charge in [-0.25, -0.2) is 0 Å². The maximum absolute atomic E-state index is 5.58. The van der Waals surface area contributed by atoms with Crippen molar-refractivity contribution in [3.05, 3.63) is 12.2 Å². The summed E-state index contributed by atoms with van der Waals surface area (Å²) in [5.74, 6) is 0.674. The van der Waals surface area contributed by atoms with Crippen LogP contribution in [-0.4, -0.2) is 6.04 Å². The normalized spacial score (nSPS) is 14.9. The zero-order valence-corrected chi connectivity index (χ0v) is 7.30. The van der Waals surface area contributed by atoms with Crippen LogP contribution in [0.3, 0.4) is 0 Å². The Morgan fingerprint density at radius 2 is 1.90 bits per heavy atom. The van der Waals surface area contributed by atoms with Crippen molar-refractivity contribution in [2.75, 3.05) is 0 Å². The summed E-state index contributed by atoms with van der Waals surface area (Å²) in [6, 6.07) is 0.344. The van der Waals surface area contributed by atoms with Crippen LogP contribution in [-0.2, 0) is 0 Å². The summed E-state index contributed by atoms with van der Waals surface area (Å²) in [6.07, 6.45) is 6.66. The van der Waals surface area contributed by atoms with Crippen molar-refractivity contribution in [3.63, 3.8) is 0 Å². The molecule has 0 amide bonds. The lowest BCUT2D eigenvalue weighted by Gasteiger charge is -2.00. The molecule has 60 valence electrons. The van der Waals surface area contributed by atoms with E-state index in [9.17, 15) is 0 Å². The Balaban J connectivity index is 3.19. The Kier molecular flexibility index (Phi) is 5.32. The summed E-state index contributed by atoms with van der Waals surface area (Å²) >= 11 is 0. The van der Waals surface area contributed by atoms with Crippen molar-refractivity contribution in [3.8, 4) is 0 Å². The summed E-state index contributed by atoms with van der Waals surface area (Å²) in [5.41, 5.74) is 5.58. The Morgan fingerprint density at radius 1 is 1.30 bits per heavy atom. The molecule has 0 heterocycles. The minimum absolute atomic E-state index is 0.344. The van der Waals surface area contributed by atoms with Gasteiger partial charge in [0.2, 0.25) is 0 Å². The van der Waals surface area contributed by atoms with E-state index >= 15 is 0 Å². The number of allylic oxidation sites excluding steroid dienone is 2. The third-order valence-corrected chi connectivity index (χ3v) is 1.31. The average molecular weight is 141 g/mol. The molecule has 0 bridgehead atoms. The summed E-state index contributed by atoms with van der Waals surface area (Å²) in [6.45, 7) is 6.41. The number of hydrogen-bond acceptors (Lipinski definition) is 1. The molecule has 2 N–H and O–H groups in total. The zero-order valence-electron chi connectivity index (χ0n) is 7.30. The lowest BCUT2D eigenvalue weighted by Crippen LogP contribution is -2.13. The summed E-state index contributed by atoms with van der Waals surface area (Å²) in [4.78, 5) is 0. The van der Waals surface area contributed by atoms with Crippen LogP contribution in [0.2, 0.25) is 0 Å². The second-order valence-corrected chi connectivity index (χ2v) is 3.23. The summed E-state index contributed by atoms with van der Waals surface area (Å²) < 4.78 is 0. The molecule has 0 aliphatic carbocycles. The highest BCUT2D eigenvalue weighted by molar-refractivity contribution is 4.84. The van der Waals surface area contributed by atoms with Gasteiger partial charge < -0.3 is 5.73 Å². The predicted octanol–water partition coefficient (Wildman–Crippen LogP) is 2.33. The van der Waals surface area contributed by atoms with Crippen LogP contribution >= 0.6 is 0 Å². The van der Waals surface area contributed by atoms with Crippen molar-refractivity contribution in [1.29, 1.82) is 0 Å². The molecule has 0 saturated heterocycles. The Morgan fingerprint density at radius 3 is 2.30 bits per heavy atom. The fourth-order valence-corrected chi connectivity index (χ4v) is 0.728. The van der Waals surface area contributed by atoms with Crippen LogP contribution in [0.1, 0.15) is 33.6 Å². The summed E-state index contributed by atoms with van der Waals surface area (Å²) in [5, 5.41) is 0. The minimum atomic E-state index is 0.344. The molecule has 10 heavy (non-hydrogen) atoms. The highest BCUT2D eigenvalue weighted by Crippen LogP contribution is 1.99. The number of nitrogens with two attached hydrogens (primary N) is 1. The van der Waals surface area contributed by atoms with Gasteiger partial charge in [-0.1, -0.05) is 26.0 Å². The summed E-state index contributed by atoms with van der Waals surface area (Å²) in [7, 11) is 0. The molecule has 0 spiro atoms. The molecule has 0 rings (SSSR count). The van der Waals surface area contributed by atoms with Crippen LogP contribution in [0.4, 0.5) is 0 Å². The topological polar surface area (TPSA) is 26.0 Å². The van der Waals surface area contributed by atoms with Crippen molar-refractivity contribution in [1.82, 2.24) is 0 Å². The third kappa shape index (κ3) is 7.70. The third-order valence-electron chi connectivity index (χ3n) is 1.31. The first-order valence-corrected chi connectivity index (χ1v) is 4.05. The second kappa shape index (κ2) is 5.48. The van der Waals surface area contributed by atoms with E-state index in [4.69, 9.17) is 5.73 Å². The fourth-order valence-electron chi connectivity index (χ4n) is 0.728. The quantitative estimate of drug-likeness (QED) is 0.597. The van der Waals surface area contributed by atoms with Gasteiger partial charge in [-0.3, -0.25) is 0 Å². The van der Waals surface area contributed by atoms with Crippen LogP contribution in [0.25, 0.3) is 0 Å². The van der Waals surface area contributed by atoms with E-state index in [-0.39, 0.29) is 0 Å². The molecule has 0 fully saturated rings. The smallest absolute Gasteiger partial charge is 0.00134 e. The molecular formula is C9H19N. The molecule has 0 aliphatic heterocycles. The van der Waals surface area contributed by atoms with Gasteiger partial charge in [-0.05, 0) is 25.7 Å². The standard InChI is InChI=1S/C9H19N/c1-8(2)6-4-5-7-9(3)10/h4,6,8-9H,5,7,10H2,1-3H3/b6-4+. The Labute approximate surface area is 64.3 Å². The van der Waals surface area contributed by atoms with Gasteiger partial charge in [0, 0.05) is 6.04 Å². The first kappa shape index (κ1) is 9.70. The van der Waals surface area contributed by atoms with E-state index in [1.807, 2.05) is 6.92 Å². The highest BCUT2D eigenvalue weighted by Gasteiger charge is 1.89. The largest absolute Gasteiger partial charge is 0.328 e. The Hall–Kier alpha value is -0.300. The van der Waals surface area contributed by atoms with E-state index in [0.29, 0.717) is 12.0 Å². The zero-order chi connectivity index (χ0) is 7.98. The minimum Gasteiger partial charge on any atom is -0.328 e. The monoisotopic (exact) mass is 141 g/mol. The van der Waals surface area contributed by atoms with E-state index in [1.54, 1.807) is 0 Å². The van der Waals surface area contributed by atoms with E-state index in [2.05, 4.69) is 26.0 Å². The molecule has 0 saturated carbocycles. The number of hydrogen-bond donors (Lipinski definition) is 1. The van der Waals surface area contributed by atoms with Crippen LogP contribution in [0.15, 0.2) is 12.2 Å². The van der Waals surface area contributed by atoms with E-state index < -0.39 is 0 Å². The number of rotatable bonds is 4. The van der Waals surface area contributed by atoms with Crippen molar-refractivity contribution < 1.29 is 0 Å². The molecular weight excluding hydrogens is 122 g/mol. The molecule has 1 atom stereocenters. The Bertz CT molecular complexity index is 92.9. The van der Waals surface area contributed by atoms with Gasteiger partial charge in [0.1, 0.15) is 0 Å². The average Bonchev–Trinajstić information content (AvgIpc) is 1.79. The van der Waals surface area contributed by atoms with Gasteiger partial charge in [0.05, 0.1) is 0 Å². The molecule has 0 radical (unpaired) electrons. The molecule has 0 aromatic rings. The second-order valence-electron chi connectivity index (χ2n) is 3.23. The van der Waals surface area contributed by atoms with Crippen molar-refractivity contribution in [2.24, 2.45) is 11.7 Å². The van der Waals surface area contributed by atoms with E-state index in [1.165, 1.54) is 0 Å². The molecule has 1 heteroatoms. The van der Waals surface area contributed by atoms with E-state index in [0.717, 1.165) is 12.8 Å². The van der Waals surface area contributed by atoms with Crippen LogP contribution in [0, 0.1) is 5.92 Å². The van der Waals surface area contributed by atoms with Gasteiger partial charge >= 0.3 is 0 Å². The molecule has 0 aliphatic rings. The van der Waals surface area contributed by atoms with Crippen molar-refractivity contribution in [2.45, 2.75) is 39.7 Å². The fraction of sp³-hybridized carbons (Fsp3) is 0.778. The maximum atomic E-state index is 5.58. The lowest BCUT2D eigenvalue weighted by molar-refractivity contribution is 0.673. The lowest BCUT2D eigenvalue weighted by atomic mass is 10.1. The van der Waals surface area contributed by atoms with Gasteiger partial charge in [-0.2, -0.15) is 0 Å². The maximum Gasteiger partial charge on any atom is 0.00134 e. The first-order valence-electron chi connectivity index (χ1n) is 4.05. The predicted molar refractivity (Wildman–Crippen MR) is 46.9 cm³/mol. The molecule has 0 aromatic carbocycles. The molecule has 1 unspecified atom stereocenters. The van der Waals surface area contributed by atoms with Crippen molar-refractivity contribution >= 4 is 0 Å². The van der Waals surface area contributed by atoms with Crippen LogP contribution in [0.5, 0.6) is 0 Å². The SMILES string of the molecule is CC(C)/C=C/CCC(C)N. The van der Waals surface area contributed by atoms with Gasteiger partial charge in [0.15, 0.2) is 0 Å². The van der Waals surface area contributed by atoms with Crippen LogP contribution < -0.4 is 5.73 Å². The first-order chi connectivity index (χ1) is 4.63. The van der Waals surface area contributed by atoms with Gasteiger partial charge in [-0.15, -0.1) is 0 Å². The van der Waals surface area contributed by atoms with Gasteiger partial charge in [0.25, 0.3) is 0 Å². The molecule has 0 aromatic heterocycles.